The number of fused-ring (bicyclic) bond motifs is 3. The Morgan fingerprint density at radius 3 is 2.75 bits per heavy atom. The quantitative estimate of drug-likeness (QED) is 0.530. The van der Waals surface area contributed by atoms with E-state index in [4.69, 9.17) is 19.2 Å². The number of carbonyl (C=O) groups is 3. The highest BCUT2D eigenvalue weighted by Gasteiger charge is 2.27. The van der Waals surface area contributed by atoms with E-state index in [0.717, 1.165) is 35.2 Å². The number of benzene rings is 2. The van der Waals surface area contributed by atoms with Gasteiger partial charge in [-0.25, -0.2) is 14.6 Å². The molecule has 0 unspecified atom stereocenters. The zero-order chi connectivity index (χ0) is 25.1. The summed E-state index contributed by atoms with van der Waals surface area (Å²) in [5, 5.41) is 2.67. The molecule has 0 atom stereocenters. The predicted molar refractivity (Wildman–Crippen MR) is 131 cm³/mol. The Morgan fingerprint density at radius 1 is 1.06 bits per heavy atom. The maximum Gasteiger partial charge on any atom is 0.413 e. The Labute approximate surface area is 207 Å². The lowest BCUT2D eigenvalue weighted by Crippen LogP contribution is -2.34. The molecule has 9 nitrogen and oxygen atoms in total. The van der Waals surface area contributed by atoms with Crippen molar-refractivity contribution in [3.05, 3.63) is 64.8 Å². The van der Waals surface area contributed by atoms with E-state index in [-0.39, 0.29) is 13.4 Å². The van der Waals surface area contributed by atoms with Crippen molar-refractivity contribution in [1.29, 1.82) is 0 Å². The monoisotopic (exact) mass is 488 g/mol. The number of allylic oxidation sites excluding steroid dienone is 1. The molecule has 36 heavy (non-hydrogen) atoms. The number of para-hydroxylation sites is 1. The third-order valence-corrected chi connectivity index (χ3v) is 5.96. The van der Waals surface area contributed by atoms with Crippen LogP contribution >= 0.6 is 0 Å². The van der Waals surface area contributed by atoms with Gasteiger partial charge in [0.2, 0.25) is 6.79 Å². The largest absolute Gasteiger partial charge is 0.454 e. The number of amides is 2. The fraction of sp³-hybridized carbons (Fsp3) is 0.259. The number of imide groups is 1. The van der Waals surface area contributed by atoms with Crippen LogP contribution in [0.3, 0.4) is 0 Å². The van der Waals surface area contributed by atoms with Crippen LogP contribution in [0.15, 0.2) is 42.5 Å². The second kappa shape index (κ2) is 10.1. The molecule has 0 saturated carbocycles. The molecule has 1 aromatic heterocycles. The maximum absolute atomic E-state index is 13.2. The Bertz CT molecular complexity index is 1400. The highest BCUT2D eigenvalue weighted by atomic mass is 16.7. The van der Waals surface area contributed by atoms with Crippen LogP contribution < -0.4 is 14.8 Å². The summed E-state index contributed by atoms with van der Waals surface area (Å²) in [4.78, 5) is 41.6. The van der Waals surface area contributed by atoms with Gasteiger partial charge in [0.15, 0.2) is 18.1 Å². The lowest BCUT2D eigenvalue weighted by atomic mass is 9.86. The third-order valence-electron chi connectivity index (χ3n) is 5.96. The van der Waals surface area contributed by atoms with Gasteiger partial charge in [-0.1, -0.05) is 24.3 Å². The predicted octanol–water partition coefficient (Wildman–Crippen LogP) is 4.27. The van der Waals surface area contributed by atoms with E-state index in [1.54, 1.807) is 6.92 Å². The first-order chi connectivity index (χ1) is 17.5. The topological polar surface area (TPSA) is 113 Å². The van der Waals surface area contributed by atoms with E-state index in [2.05, 4.69) is 4.74 Å². The first-order valence-electron chi connectivity index (χ1n) is 11.7. The molecule has 184 valence electrons. The highest BCUT2D eigenvalue weighted by molar-refractivity contribution is 6.07. The van der Waals surface area contributed by atoms with Gasteiger partial charge in [-0.2, -0.15) is 0 Å². The van der Waals surface area contributed by atoms with Gasteiger partial charge >= 0.3 is 12.1 Å². The van der Waals surface area contributed by atoms with Crippen LogP contribution in [-0.2, 0) is 20.7 Å². The summed E-state index contributed by atoms with van der Waals surface area (Å²) in [5.41, 5.74) is 4.49. The minimum atomic E-state index is -0.886. The smallest absolute Gasteiger partial charge is 0.413 e. The SMILES string of the molecule is CCOC(=O)NC(=O)COC(=O)c1c2c(nc3ccccc13)C(=Cc1ccc3c(c1)OCO3)CCC2. The Kier molecular flexibility index (Phi) is 6.53. The maximum atomic E-state index is 13.2. The van der Waals surface area contributed by atoms with Gasteiger partial charge in [0.05, 0.1) is 23.4 Å². The number of hydrogen-bond acceptors (Lipinski definition) is 8. The van der Waals surface area contributed by atoms with Crippen LogP contribution in [0.1, 0.15) is 46.9 Å². The molecule has 2 aliphatic rings. The molecule has 2 amide bonds. The first-order valence-corrected chi connectivity index (χ1v) is 11.7. The number of nitrogens with zero attached hydrogens (tertiary/aromatic N) is 1. The molecule has 0 saturated heterocycles. The molecule has 1 aliphatic heterocycles. The summed E-state index contributed by atoms with van der Waals surface area (Å²) in [6, 6.07) is 13.1. The average molecular weight is 488 g/mol. The summed E-state index contributed by atoms with van der Waals surface area (Å²) >= 11 is 0. The van der Waals surface area contributed by atoms with Crippen molar-refractivity contribution in [2.24, 2.45) is 0 Å². The van der Waals surface area contributed by atoms with E-state index < -0.39 is 24.6 Å². The molecule has 1 N–H and O–H groups in total. The zero-order valence-corrected chi connectivity index (χ0v) is 19.7. The van der Waals surface area contributed by atoms with E-state index in [1.807, 2.05) is 53.9 Å². The van der Waals surface area contributed by atoms with Gasteiger partial charge < -0.3 is 18.9 Å². The average Bonchev–Trinajstić information content (AvgIpc) is 3.34. The van der Waals surface area contributed by atoms with Crippen LogP contribution in [0.2, 0.25) is 0 Å². The molecule has 0 bridgehead atoms. The second-order valence-corrected chi connectivity index (χ2v) is 8.31. The van der Waals surface area contributed by atoms with Crippen molar-refractivity contribution in [3.8, 4) is 11.5 Å². The summed E-state index contributed by atoms with van der Waals surface area (Å²) in [5.74, 6) is -0.00911. The van der Waals surface area contributed by atoms with Crippen molar-refractivity contribution in [2.45, 2.75) is 26.2 Å². The van der Waals surface area contributed by atoms with Crippen LogP contribution in [0, 0.1) is 0 Å². The van der Waals surface area contributed by atoms with Crippen molar-refractivity contribution in [1.82, 2.24) is 10.3 Å². The number of carbonyl (C=O) groups excluding carboxylic acids is 3. The third kappa shape index (κ3) is 4.72. The lowest BCUT2D eigenvalue weighted by Gasteiger charge is -2.22. The van der Waals surface area contributed by atoms with E-state index >= 15 is 0 Å². The van der Waals surface area contributed by atoms with Gasteiger partial charge in [-0.05, 0) is 67.2 Å². The second-order valence-electron chi connectivity index (χ2n) is 8.31. The van der Waals surface area contributed by atoms with Crippen molar-refractivity contribution < 1.29 is 33.3 Å². The summed E-state index contributed by atoms with van der Waals surface area (Å²) in [7, 11) is 0. The Hall–Kier alpha value is -4.40. The molecule has 0 radical (unpaired) electrons. The highest BCUT2D eigenvalue weighted by Crippen LogP contribution is 2.38. The lowest BCUT2D eigenvalue weighted by molar-refractivity contribution is -0.123. The minimum absolute atomic E-state index is 0.121. The number of ether oxygens (including phenoxy) is 4. The molecule has 2 aromatic carbocycles. The number of aromatic nitrogens is 1. The van der Waals surface area contributed by atoms with Crippen LogP contribution in [0.25, 0.3) is 22.6 Å². The zero-order valence-electron chi connectivity index (χ0n) is 19.7. The number of hydrogen-bond donors (Lipinski definition) is 1. The van der Waals surface area contributed by atoms with E-state index in [1.165, 1.54) is 0 Å². The standard InChI is InChI=1S/C27H24N2O7/c1-2-33-27(32)29-23(30)14-34-26(31)24-18-7-3-4-9-20(18)28-25-17(6-5-8-19(24)25)12-16-10-11-21-22(13-16)36-15-35-21/h3-4,7,9-13H,2,5-6,8,14-15H2,1H3,(H,29,30,32). The van der Waals surface area contributed by atoms with Gasteiger partial charge in [0.25, 0.3) is 5.91 Å². The molecule has 5 rings (SSSR count). The van der Waals surface area contributed by atoms with Crippen LogP contribution in [0.5, 0.6) is 11.5 Å². The number of pyridine rings is 1. The molecular weight excluding hydrogens is 464 g/mol. The van der Waals surface area contributed by atoms with Crippen molar-refractivity contribution in [2.75, 3.05) is 20.0 Å². The van der Waals surface area contributed by atoms with Crippen LogP contribution in [-0.4, -0.2) is 43.0 Å². The van der Waals surface area contributed by atoms with Crippen molar-refractivity contribution >= 4 is 40.5 Å². The fourth-order valence-corrected chi connectivity index (χ4v) is 4.43. The summed E-state index contributed by atoms with van der Waals surface area (Å²) in [6.07, 6.45) is 3.42. The number of rotatable bonds is 5. The van der Waals surface area contributed by atoms with Gasteiger partial charge in [-0.3, -0.25) is 10.1 Å². The molecule has 9 heteroatoms. The number of nitrogens with one attached hydrogen (secondary N) is 1. The molecule has 3 aromatic rings. The summed E-state index contributed by atoms with van der Waals surface area (Å²) in [6.45, 7) is 1.34. The van der Waals surface area contributed by atoms with Crippen LogP contribution in [0.4, 0.5) is 4.79 Å². The molecule has 1 aliphatic carbocycles. The van der Waals surface area contributed by atoms with Crippen molar-refractivity contribution in [3.63, 3.8) is 0 Å². The van der Waals surface area contributed by atoms with Gasteiger partial charge in [0, 0.05) is 5.39 Å². The molecular formula is C27H24N2O7. The van der Waals surface area contributed by atoms with Gasteiger partial charge in [-0.15, -0.1) is 0 Å². The Balaban J connectivity index is 1.48. The van der Waals surface area contributed by atoms with E-state index in [0.29, 0.717) is 34.4 Å². The molecule has 0 fully saturated rings. The number of alkyl carbamates (subject to hydrolysis) is 1. The summed E-state index contributed by atoms with van der Waals surface area (Å²) < 4.78 is 20.9. The molecule has 2 heterocycles. The Morgan fingerprint density at radius 2 is 1.89 bits per heavy atom. The number of esters is 1. The minimum Gasteiger partial charge on any atom is -0.454 e. The molecule has 0 spiro atoms. The van der Waals surface area contributed by atoms with Gasteiger partial charge in [0.1, 0.15) is 0 Å². The van der Waals surface area contributed by atoms with E-state index in [9.17, 15) is 14.4 Å². The fourth-order valence-electron chi connectivity index (χ4n) is 4.43. The normalized spacial score (nSPS) is 14.9. The first kappa shape index (κ1) is 23.3.